The third kappa shape index (κ3) is 7.52. The van der Waals surface area contributed by atoms with Crippen molar-refractivity contribution < 1.29 is 19.1 Å². The fourth-order valence-electron chi connectivity index (χ4n) is 1.80. The minimum Gasteiger partial charge on any atom is -0.362 e. The Morgan fingerprint density at radius 2 is 1.59 bits per heavy atom. The van der Waals surface area contributed by atoms with E-state index in [9.17, 15) is 14.4 Å². The van der Waals surface area contributed by atoms with E-state index >= 15 is 0 Å². The Hall–Kier alpha value is -3.48. The normalized spacial score (nSPS) is 9.30. The molecular weight excluding hydrogens is 374 g/mol. The van der Waals surface area contributed by atoms with Gasteiger partial charge in [0.05, 0.1) is 11.6 Å². The molecule has 0 atom stereocenters. The minimum atomic E-state index is -0.612. The molecule has 0 bridgehead atoms. The summed E-state index contributed by atoms with van der Waals surface area (Å²) in [5.41, 5.74) is 5.70. The van der Waals surface area contributed by atoms with Crippen LogP contribution in [-0.4, -0.2) is 35.9 Å². The number of nitriles is 1. The van der Waals surface area contributed by atoms with Gasteiger partial charge in [0.15, 0.2) is 0 Å². The highest BCUT2D eigenvalue weighted by atomic mass is 35.5. The summed E-state index contributed by atoms with van der Waals surface area (Å²) in [5, 5.41) is 11.3. The van der Waals surface area contributed by atoms with Crippen LogP contribution in [0.2, 0.25) is 0 Å². The summed E-state index contributed by atoms with van der Waals surface area (Å²) in [6.45, 7) is -0.747. The van der Waals surface area contributed by atoms with E-state index < -0.39 is 24.3 Å². The lowest BCUT2D eigenvalue weighted by Crippen LogP contribution is -2.43. The highest BCUT2D eigenvalue weighted by Crippen LogP contribution is 2.08. The number of hydrazine groups is 1. The maximum Gasteiger partial charge on any atom is 0.269 e. The van der Waals surface area contributed by atoms with Gasteiger partial charge in [-0.3, -0.25) is 30.2 Å². The number of hydrogen-bond acceptors (Lipinski definition) is 6. The number of carbonyl (C=O) groups excluding carboxylic acids is 3. The Labute approximate surface area is 161 Å². The maximum absolute atomic E-state index is 11.7. The van der Waals surface area contributed by atoms with Gasteiger partial charge in [0.25, 0.3) is 11.8 Å². The molecule has 2 aromatic rings. The maximum atomic E-state index is 11.7. The van der Waals surface area contributed by atoms with E-state index in [0.717, 1.165) is 0 Å². The standard InChI is InChI=1S/C17H15N5O4.ClH/c18-9-12-1-3-14(4-2-12)20-15(23)10-26-11-16(24)21-22-17(25)13-5-7-19-8-6-13;/h1-8H,10-11H2,(H,20,23)(H,21,24)(H,22,25);1H. The van der Waals surface area contributed by atoms with Crippen molar-refractivity contribution in [2.75, 3.05) is 18.5 Å². The average molecular weight is 390 g/mol. The van der Waals surface area contributed by atoms with Crippen LogP contribution in [0.5, 0.6) is 0 Å². The molecule has 0 saturated carbocycles. The Morgan fingerprint density at radius 3 is 2.22 bits per heavy atom. The molecule has 0 aliphatic rings. The monoisotopic (exact) mass is 389 g/mol. The van der Waals surface area contributed by atoms with E-state index in [1.807, 2.05) is 6.07 Å². The van der Waals surface area contributed by atoms with Gasteiger partial charge < -0.3 is 10.1 Å². The molecule has 3 amide bonds. The summed E-state index contributed by atoms with van der Waals surface area (Å²) in [6, 6.07) is 11.2. The highest BCUT2D eigenvalue weighted by Gasteiger charge is 2.08. The zero-order chi connectivity index (χ0) is 18.8. The summed E-state index contributed by atoms with van der Waals surface area (Å²) >= 11 is 0. The molecule has 140 valence electrons. The molecule has 1 heterocycles. The summed E-state index contributed by atoms with van der Waals surface area (Å²) in [6.07, 6.45) is 2.90. The lowest BCUT2D eigenvalue weighted by atomic mass is 10.2. The number of aromatic nitrogens is 1. The minimum absolute atomic E-state index is 0. The summed E-state index contributed by atoms with van der Waals surface area (Å²) < 4.78 is 4.97. The van der Waals surface area contributed by atoms with Gasteiger partial charge >= 0.3 is 0 Å². The molecule has 9 nitrogen and oxygen atoms in total. The van der Waals surface area contributed by atoms with Crippen LogP contribution in [0.1, 0.15) is 15.9 Å². The number of hydrogen-bond donors (Lipinski definition) is 3. The SMILES string of the molecule is Cl.N#Cc1ccc(NC(=O)COCC(=O)NNC(=O)c2ccncc2)cc1. The number of anilines is 1. The predicted octanol–water partition coefficient (Wildman–Crippen LogP) is 0.791. The average Bonchev–Trinajstić information content (AvgIpc) is 2.67. The first-order valence-electron chi connectivity index (χ1n) is 7.45. The molecule has 1 aromatic heterocycles. The molecule has 10 heteroatoms. The summed E-state index contributed by atoms with van der Waals surface area (Å²) in [5.74, 6) is -1.57. The van der Waals surface area contributed by atoms with Crippen molar-refractivity contribution in [1.82, 2.24) is 15.8 Å². The number of rotatable bonds is 6. The van der Waals surface area contributed by atoms with E-state index in [2.05, 4.69) is 21.2 Å². The zero-order valence-corrected chi connectivity index (χ0v) is 14.8. The van der Waals surface area contributed by atoms with Crippen LogP contribution in [0.3, 0.4) is 0 Å². The van der Waals surface area contributed by atoms with Gasteiger partial charge in [0, 0.05) is 23.6 Å². The first kappa shape index (κ1) is 21.6. The molecule has 27 heavy (non-hydrogen) atoms. The fourth-order valence-corrected chi connectivity index (χ4v) is 1.80. The molecule has 2 rings (SSSR count). The summed E-state index contributed by atoms with van der Waals surface area (Å²) in [4.78, 5) is 38.7. The third-order valence-electron chi connectivity index (χ3n) is 3.02. The van der Waals surface area contributed by atoms with E-state index in [-0.39, 0.29) is 19.0 Å². The molecule has 0 aliphatic carbocycles. The van der Waals surface area contributed by atoms with Crippen molar-refractivity contribution >= 4 is 35.8 Å². The van der Waals surface area contributed by atoms with Gasteiger partial charge in [-0.25, -0.2) is 0 Å². The van der Waals surface area contributed by atoms with Crippen molar-refractivity contribution in [3.63, 3.8) is 0 Å². The number of halogens is 1. The van der Waals surface area contributed by atoms with E-state index in [1.165, 1.54) is 24.5 Å². The lowest BCUT2D eigenvalue weighted by molar-refractivity contribution is -0.129. The Kier molecular flexibility index (Phi) is 8.94. The zero-order valence-electron chi connectivity index (χ0n) is 14.0. The Morgan fingerprint density at radius 1 is 0.963 bits per heavy atom. The number of nitrogens with one attached hydrogen (secondary N) is 3. The van der Waals surface area contributed by atoms with Gasteiger partial charge in [-0.2, -0.15) is 5.26 Å². The number of carbonyl (C=O) groups is 3. The molecule has 1 aromatic carbocycles. The first-order valence-corrected chi connectivity index (χ1v) is 7.45. The van der Waals surface area contributed by atoms with Gasteiger partial charge in [0.2, 0.25) is 5.91 Å². The quantitative estimate of drug-likeness (QED) is 0.625. The smallest absolute Gasteiger partial charge is 0.269 e. The third-order valence-corrected chi connectivity index (χ3v) is 3.02. The number of amides is 3. The van der Waals surface area contributed by atoms with E-state index in [4.69, 9.17) is 10.00 Å². The van der Waals surface area contributed by atoms with Crippen molar-refractivity contribution in [2.45, 2.75) is 0 Å². The van der Waals surface area contributed by atoms with Gasteiger partial charge in [-0.05, 0) is 36.4 Å². The fraction of sp³-hybridized carbons (Fsp3) is 0.118. The molecule has 0 saturated heterocycles. The van der Waals surface area contributed by atoms with Gasteiger partial charge in [-0.15, -0.1) is 12.4 Å². The van der Waals surface area contributed by atoms with Crippen LogP contribution in [0, 0.1) is 11.3 Å². The van der Waals surface area contributed by atoms with Crippen LogP contribution in [0.25, 0.3) is 0 Å². The predicted molar refractivity (Wildman–Crippen MR) is 97.7 cm³/mol. The molecule has 0 spiro atoms. The number of benzene rings is 1. The molecule has 0 aliphatic heterocycles. The van der Waals surface area contributed by atoms with Crippen LogP contribution in [-0.2, 0) is 14.3 Å². The largest absolute Gasteiger partial charge is 0.362 e. The van der Waals surface area contributed by atoms with Crippen molar-refractivity contribution in [3.8, 4) is 6.07 Å². The molecule has 0 fully saturated rings. The molecule has 3 N–H and O–H groups in total. The van der Waals surface area contributed by atoms with Crippen molar-refractivity contribution in [3.05, 3.63) is 59.9 Å². The lowest BCUT2D eigenvalue weighted by Gasteiger charge is -2.08. The molecular formula is C17H16ClN5O4. The van der Waals surface area contributed by atoms with E-state index in [0.29, 0.717) is 16.8 Å². The molecule has 0 radical (unpaired) electrons. The number of pyridine rings is 1. The van der Waals surface area contributed by atoms with Crippen LogP contribution >= 0.6 is 12.4 Å². The van der Waals surface area contributed by atoms with Gasteiger partial charge in [-0.1, -0.05) is 0 Å². The number of nitrogens with zero attached hydrogens (tertiary/aromatic N) is 2. The van der Waals surface area contributed by atoms with Crippen LogP contribution < -0.4 is 16.2 Å². The topological polar surface area (TPSA) is 133 Å². The summed E-state index contributed by atoms with van der Waals surface area (Å²) in [7, 11) is 0. The van der Waals surface area contributed by atoms with E-state index in [1.54, 1.807) is 24.3 Å². The second kappa shape index (κ2) is 11.2. The van der Waals surface area contributed by atoms with Crippen LogP contribution in [0.4, 0.5) is 5.69 Å². The molecule has 0 unspecified atom stereocenters. The first-order chi connectivity index (χ1) is 12.6. The Balaban J connectivity index is 0.00000364. The van der Waals surface area contributed by atoms with Crippen molar-refractivity contribution in [2.24, 2.45) is 0 Å². The second-order valence-corrected chi connectivity index (χ2v) is 4.97. The highest BCUT2D eigenvalue weighted by molar-refractivity contribution is 5.95. The number of ether oxygens (including phenoxy) is 1. The van der Waals surface area contributed by atoms with Crippen LogP contribution in [0.15, 0.2) is 48.8 Å². The van der Waals surface area contributed by atoms with Gasteiger partial charge in [0.1, 0.15) is 13.2 Å². The second-order valence-electron chi connectivity index (χ2n) is 4.97. The van der Waals surface area contributed by atoms with Crippen molar-refractivity contribution in [1.29, 1.82) is 5.26 Å². The Bertz CT molecular complexity index is 821.